The molecule has 1 saturated carbocycles. The smallest absolute Gasteiger partial charge is 0.307 e. The molecule has 0 aromatic carbocycles. The van der Waals surface area contributed by atoms with Crippen LogP contribution in [0.15, 0.2) is 0 Å². The summed E-state index contributed by atoms with van der Waals surface area (Å²) in [6.45, 7) is 8.54. The number of aliphatic carboxylic acids is 1. The van der Waals surface area contributed by atoms with Crippen LogP contribution in [0.25, 0.3) is 0 Å². The Kier molecular flexibility index (Phi) is 4.17. The van der Waals surface area contributed by atoms with Crippen molar-refractivity contribution >= 4 is 11.9 Å². The minimum absolute atomic E-state index is 0.102. The van der Waals surface area contributed by atoms with E-state index in [0.29, 0.717) is 12.5 Å². The van der Waals surface area contributed by atoms with E-state index in [1.165, 1.54) is 0 Å². The standard InChI is InChI=1S/C13H23NO3/c1-5-8(6-2)7-14-11(15)9-10(12(16)17)13(9,3)4/h8-10H,5-7H2,1-4H3,(H,14,15)(H,16,17)/t9-,10+/m1/s1. The van der Waals surface area contributed by atoms with Crippen LogP contribution < -0.4 is 5.32 Å². The molecule has 0 spiro atoms. The molecule has 2 atom stereocenters. The number of carboxylic acids is 1. The van der Waals surface area contributed by atoms with E-state index in [2.05, 4.69) is 19.2 Å². The maximum absolute atomic E-state index is 11.9. The summed E-state index contributed by atoms with van der Waals surface area (Å²) < 4.78 is 0. The molecular weight excluding hydrogens is 218 g/mol. The number of amides is 1. The van der Waals surface area contributed by atoms with E-state index >= 15 is 0 Å². The molecule has 0 aromatic rings. The van der Waals surface area contributed by atoms with Crippen molar-refractivity contribution in [2.75, 3.05) is 6.54 Å². The van der Waals surface area contributed by atoms with Gasteiger partial charge in [-0.15, -0.1) is 0 Å². The van der Waals surface area contributed by atoms with Gasteiger partial charge in [-0.2, -0.15) is 0 Å². The average molecular weight is 241 g/mol. The highest BCUT2D eigenvalue weighted by molar-refractivity contribution is 5.91. The van der Waals surface area contributed by atoms with Crippen LogP contribution in [0.2, 0.25) is 0 Å². The molecule has 1 aliphatic carbocycles. The molecule has 2 N–H and O–H groups in total. The molecule has 0 aliphatic heterocycles. The first-order valence-corrected chi connectivity index (χ1v) is 6.36. The van der Waals surface area contributed by atoms with E-state index in [9.17, 15) is 9.59 Å². The third-order valence-corrected chi connectivity index (χ3v) is 4.10. The first-order valence-electron chi connectivity index (χ1n) is 6.36. The molecule has 1 fully saturated rings. The summed E-state index contributed by atoms with van der Waals surface area (Å²) >= 11 is 0. The number of hydrogen-bond donors (Lipinski definition) is 2. The summed E-state index contributed by atoms with van der Waals surface area (Å²) in [6, 6.07) is 0. The van der Waals surface area contributed by atoms with Crippen LogP contribution in [0.5, 0.6) is 0 Å². The monoisotopic (exact) mass is 241 g/mol. The maximum atomic E-state index is 11.9. The Morgan fingerprint density at radius 1 is 1.24 bits per heavy atom. The highest BCUT2D eigenvalue weighted by atomic mass is 16.4. The zero-order valence-electron chi connectivity index (χ0n) is 11.1. The van der Waals surface area contributed by atoms with Crippen molar-refractivity contribution < 1.29 is 14.7 Å². The Morgan fingerprint density at radius 2 is 1.76 bits per heavy atom. The lowest BCUT2D eigenvalue weighted by Gasteiger charge is -2.13. The van der Waals surface area contributed by atoms with Gasteiger partial charge in [0.25, 0.3) is 0 Å². The lowest BCUT2D eigenvalue weighted by atomic mass is 10.0. The van der Waals surface area contributed by atoms with Gasteiger partial charge in [0.1, 0.15) is 0 Å². The van der Waals surface area contributed by atoms with Crippen molar-refractivity contribution in [2.45, 2.75) is 40.5 Å². The van der Waals surface area contributed by atoms with E-state index < -0.39 is 17.3 Å². The maximum Gasteiger partial charge on any atom is 0.307 e. The Balaban J connectivity index is 2.48. The van der Waals surface area contributed by atoms with Gasteiger partial charge in [-0.25, -0.2) is 0 Å². The Morgan fingerprint density at radius 3 is 2.12 bits per heavy atom. The summed E-state index contributed by atoms with van der Waals surface area (Å²) in [5, 5.41) is 11.9. The fourth-order valence-corrected chi connectivity index (χ4v) is 2.52. The minimum Gasteiger partial charge on any atom is -0.481 e. The van der Waals surface area contributed by atoms with Gasteiger partial charge in [-0.1, -0.05) is 40.5 Å². The van der Waals surface area contributed by atoms with Gasteiger partial charge in [-0.05, 0) is 11.3 Å². The van der Waals surface area contributed by atoms with Gasteiger partial charge in [0.2, 0.25) is 5.91 Å². The second kappa shape index (κ2) is 5.07. The number of carboxylic acid groups (broad SMARTS) is 1. The van der Waals surface area contributed by atoms with Gasteiger partial charge >= 0.3 is 5.97 Å². The van der Waals surface area contributed by atoms with Gasteiger partial charge < -0.3 is 10.4 Å². The fraction of sp³-hybridized carbons (Fsp3) is 0.846. The third-order valence-electron chi connectivity index (χ3n) is 4.10. The number of carbonyl (C=O) groups excluding carboxylic acids is 1. The van der Waals surface area contributed by atoms with E-state index in [4.69, 9.17) is 5.11 Å². The van der Waals surface area contributed by atoms with E-state index in [1.54, 1.807) is 0 Å². The summed E-state index contributed by atoms with van der Waals surface area (Å²) in [5.41, 5.74) is -0.399. The molecule has 1 aliphatic rings. The second-order valence-corrected chi connectivity index (χ2v) is 5.54. The van der Waals surface area contributed by atoms with Crippen molar-refractivity contribution in [2.24, 2.45) is 23.2 Å². The highest BCUT2D eigenvalue weighted by Crippen LogP contribution is 2.58. The van der Waals surface area contributed by atoms with Crippen molar-refractivity contribution in [1.29, 1.82) is 0 Å². The molecule has 98 valence electrons. The average Bonchev–Trinajstić information content (AvgIpc) is 2.83. The number of carbonyl (C=O) groups is 2. The summed E-state index contributed by atoms with van der Waals surface area (Å²) in [5.74, 6) is -1.37. The first kappa shape index (κ1) is 14.0. The predicted molar refractivity (Wildman–Crippen MR) is 65.5 cm³/mol. The zero-order valence-corrected chi connectivity index (χ0v) is 11.1. The first-order chi connectivity index (χ1) is 7.86. The number of nitrogens with one attached hydrogen (secondary N) is 1. The summed E-state index contributed by atoms with van der Waals surface area (Å²) in [4.78, 5) is 22.9. The van der Waals surface area contributed by atoms with Crippen molar-refractivity contribution in [3.63, 3.8) is 0 Å². The van der Waals surface area contributed by atoms with Crippen LogP contribution in [0.1, 0.15) is 40.5 Å². The predicted octanol–water partition coefficient (Wildman–Crippen LogP) is 1.90. The van der Waals surface area contributed by atoms with Gasteiger partial charge in [-0.3, -0.25) is 9.59 Å². The molecular formula is C13H23NO3. The SMILES string of the molecule is CCC(CC)CNC(=O)[C@H]1[C@@H](C(=O)O)C1(C)C. The van der Waals surface area contributed by atoms with Crippen LogP contribution in [0.3, 0.4) is 0 Å². The van der Waals surface area contributed by atoms with Crippen molar-refractivity contribution in [1.82, 2.24) is 5.32 Å². The van der Waals surface area contributed by atoms with Gasteiger partial charge in [0.05, 0.1) is 11.8 Å². The zero-order chi connectivity index (χ0) is 13.2. The molecule has 0 heterocycles. The second-order valence-electron chi connectivity index (χ2n) is 5.54. The lowest BCUT2D eigenvalue weighted by Crippen LogP contribution is -2.31. The molecule has 0 saturated heterocycles. The van der Waals surface area contributed by atoms with Crippen LogP contribution in [-0.2, 0) is 9.59 Å². The van der Waals surface area contributed by atoms with E-state index in [1.807, 2.05) is 13.8 Å². The quantitative estimate of drug-likeness (QED) is 0.746. The highest BCUT2D eigenvalue weighted by Gasteiger charge is 2.65. The van der Waals surface area contributed by atoms with Crippen molar-refractivity contribution in [3.05, 3.63) is 0 Å². The molecule has 17 heavy (non-hydrogen) atoms. The molecule has 0 unspecified atom stereocenters. The Labute approximate surface area is 103 Å². The lowest BCUT2D eigenvalue weighted by molar-refractivity contribution is -0.140. The number of hydrogen-bond acceptors (Lipinski definition) is 2. The Hall–Kier alpha value is -1.06. The van der Waals surface area contributed by atoms with Gasteiger partial charge in [0, 0.05) is 6.54 Å². The van der Waals surface area contributed by atoms with Crippen LogP contribution in [0.4, 0.5) is 0 Å². The van der Waals surface area contributed by atoms with Crippen LogP contribution in [-0.4, -0.2) is 23.5 Å². The molecule has 0 radical (unpaired) electrons. The summed E-state index contributed by atoms with van der Waals surface area (Å²) in [7, 11) is 0. The molecule has 1 amide bonds. The topological polar surface area (TPSA) is 66.4 Å². The molecule has 0 bridgehead atoms. The van der Waals surface area contributed by atoms with Crippen LogP contribution in [0, 0.1) is 23.2 Å². The van der Waals surface area contributed by atoms with E-state index in [-0.39, 0.29) is 11.8 Å². The molecule has 4 nitrogen and oxygen atoms in total. The van der Waals surface area contributed by atoms with Crippen LogP contribution >= 0.6 is 0 Å². The number of rotatable bonds is 6. The molecule has 0 aromatic heterocycles. The minimum atomic E-state index is -0.863. The Bertz CT molecular complexity index is 308. The normalized spacial score (nSPS) is 25.7. The van der Waals surface area contributed by atoms with Gasteiger partial charge in [0.15, 0.2) is 0 Å². The van der Waals surface area contributed by atoms with Crippen molar-refractivity contribution in [3.8, 4) is 0 Å². The largest absolute Gasteiger partial charge is 0.481 e. The van der Waals surface area contributed by atoms with E-state index in [0.717, 1.165) is 12.8 Å². The third kappa shape index (κ3) is 2.79. The summed E-state index contributed by atoms with van der Waals surface area (Å²) in [6.07, 6.45) is 2.07. The molecule has 4 heteroatoms. The fourth-order valence-electron chi connectivity index (χ4n) is 2.52. The molecule has 1 rings (SSSR count).